The highest BCUT2D eigenvalue weighted by atomic mass is 35.5. The Labute approximate surface area is 195 Å². The van der Waals surface area contributed by atoms with Crippen LogP contribution in [0.2, 0.25) is 5.02 Å². The summed E-state index contributed by atoms with van der Waals surface area (Å²) in [7, 11) is 0. The summed E-state index contributed by atoms with van der Waals surface area (Å²) in [5.41, 5.74) is 3.83. The standard InChI is InChI=1S/C25H32ClN3O3/c1-17(2)13-25(31)29-11-9-28(10-12-29)23-8-6-20(26)15-22(23)27-24(30)16-32-21-7-5-18(3)19(4)14-21/h5-8,14-15,17H,9-13,16H2,1-4H3,(H,27,30). The highest BCUT2D eigenvalue weighted by molar-refractivity contribution is 6.31. The third kappa shape index (κ3) is 6.39. The van der Waals surface area contributed by atoms with E-state index in [-0.39, 0.29) is 18.4 Å². The molecule has 172 valence electrons. The quantitative estimate of drug-likeness (QED) is 0.656. The van der Waals surface area contributed by atoms with Crippen molar-refractivity contribution >= 4 is 34.8 Å². The highest BCUT2D eigenvalue weighted by Gasteiger charge is 2.23. The Balaban J connectivity index is 1.62. The van der Waals surface area contributed by atoms with Crippen molar-refractivity contribution in [1.82, 2.24) is 4.90 Å². The lowest BCUT2D eigenvalue weighted by Gasteiger charge is -2.37. The number of carbonyl (C=O) groups excluding carboxylic acids is 2. The zero-order chi connectivity index (χ0) is 23.3. The number of anilines is 2. The molecule has 2 aromatic carbocycles. The number of carbonyl (C=O) groups is 2. The van der Waals surface area contributed by atoms with Crippen LogP contribution in [0.4, 0.5) is 11.4 Å². The van der Waals surface area contributed by atoms with Gasteiger partial charge in [0.2, 0.25) is 5.91 Å². The number of benzene rings is 2. The van der Waals surface area contributed by atoms with E-state index in [4.69, 9.17) is 16.3 Å². The van der Waals surface area contributed by atoms with Crippen LogP contribution in [0.1, 0.15) is 31.4 Å². The molecule has 0 aromatic heterocycles. The molecule has 0 spiro atoms. The number of piperazine rings is 1. The Kier molecular flexibility index (Phi) is 8.02. The second-order valence-electron chi connectivity index (χ2n) is 8.71. The molecule has 7 heteroatoms. The van der Waals surface area contributed by atoms with E-state index < -0.39 is 0 Å². The number of halogens is 1. The van der Waals surface area contributed by atoms with Crippen molar-refractivity contribution < 1.29 is 14.3 Å². The van der Waals surface area contributed by atoms with E-state index in [1.165, 1.54) is 5.56 Å². The van der Waals surface area contributed by atoms with Crippen molar-refractivity contribution in [2.75, 3.05) is 43.0 Å². The molecule has 1 N–H and O–H groups in total. The first-order chi connectivity index (χ1) is 15.2. The first kappa shape index (κ1) is 23.9. The largest absolute Gasteiger partial charge is 0.484 e. The minimum absolute atomic E-state index is 0.0913. The average molecular weight is 458 g/mol. The molecular formula is C25H32ClN3O3. The Morgan fingerprint density at radius 1 is 1.03 bits per heavy atom. The summed E-state index contributed by atoms with van der Waals surface area (Å²) in [5.74, 6) is 0.965. The fraction of sp³-hybridized carbons (Fsp3) is 0.440. The van der Waals surface area contributed by atoms with Gasteiger partial charge < -0.3 is 19.9 Å². The smallest absolute Gasteiger partial charge is 0.262 e. The van der Waals surface area contributed by atoms with Gasteiger partial charge in [0, 0.05) is 37.6 Å². The molecule has 1 aliphatic heterocycles. The van der Waals surface area contributed by atoms with Gasteiger partial charge in [-0.3, -0.25) is 9.59 Å². The number of ether oxygens (including phenoxy) is 1. The van der Waals surface area contributed by atoms with Gasteiger partial charge in [0.05, 0.1) is 11.4 Å². The molecule has 0 radical (unpaired) electrons. The number of aryl methyl sites for hydroxylation is 2. The Bertz CT molecular complexity index is 969. The lowest BCUT2D eigenvalue weighted by molar-refractivity contribution is -0.132. The lowest BCUT2D eigenvalue weighted by atomic mass is 10.1. The number of nitrogens with one attached hydrogen (secondary N) is 1. The second kappa shape index (κ2) is 10.7. The van der Waals surface area contributed by atoms with Crippen molar-refractivity contribution in [2.45, 2.75) is 34.1 Å². The first-order valence-electron chi connectivity index (χ1n) is 11.0. The van der Waals surface area contributed by atoms with E-state index >= 15 is 0 Å². The molecule has 32 heavy (non-hydrogen) atoms. The number of nitrogens with zero attached hydrogens (tertiary/aromatic N) is 2. The van der Waals surface area contributed by atoms with Crippen molar-refractivity contribution in [3.63, 3.8) is 0 Å². The van der Waals surface area contributed by atoms with Gasteiger partial charge in [0.1, 0.15) is 5.75 Å². The molecule has 0 bridgehead atoms. The van der Waals surface area contributed by atoms with Gasteiger partial charge >= 0.3 is 0 Å². The van der Waals surface area contributed by atoms with Gasteiger partial charge in [-0.2, -0.15) is 0 Å². The van der Waals surface area contributed by atoms with E-state index in [1.807, 2.05) is 49.1 Å². The molecule has 1 heterocycles. The third-order valence-corrected chi connectivity index (χ3v) is 5.87. The number of hydrogen-bond donors (Lipinski definition) is 1. The fourth-order valence-electron chi connectivity index (χ4n) is 3.70. The Hall–Kier alpha value is -2.73. The van der Waals surface area contributed by atoms with Crippen LogP contribution in [0.5, 0.6) is 5.75 Å². The zero-order valence-electron chi connectivity index (χ0n) is 19.3. The van der Waals surface area contributed by atoms with Crippen LogP contribution in [-0.4, -0.2) is 49.5 Å². The Morgan fingerprint density at radius 2 is 1.75 bits per heavy atom. The van der Waals surface area contributed by atoms with Gasteiger partial charge in [-0.25, -0.2) is 0 Å². The molecular weight excluding hydrogens is 426 g/mol. The number of hydrogen-bond acceptors (Lipinski definition) is 4. The molecule has 0 unspecified atom stereocenters. The van der Waals surface area contributed by atoms with Crippen LogP contribution < -0.4 is 15.0 Å². The van der Waals surface area contributed by atoms with Gasteiger partial charge in [0.15, 0.2) is 6.61 Å². The lowest BCUT2D eigenvalue weighted by Crippen LogP contribution is -2.49. The van der Waals surface area contributed by atoms with Crippen molar-refractivity contribution in [3.8, 4) is 5.75 Å². The van der Waals surface area contributed by atoms with E-state index in [2.05, 4.69) is 24.1 Å². The third-order valence-electron chi connectivity index (χ3n) is 5.64. The van der Waals surface area contributed by atoms with Gasteiger partial charge in [0.25, 0.3) is 5.91 Å². The molecule has 6 nitrogen and oxygen atoms in total. The SMILES string of the molecule is Cc1ccc(OCC(=O)Nc2cc(Cl)ccc2N2CCN(C(=O)CC(C)C)CC2)cc1C. The van der Waals surface area contributed by atoms with Crippen LogP contribution in [0.25, 0.3) is 0 Å². The van der Waals surface area contributed by atoms with E-state index in [0.29, 0.717) is 55.0 Å². The molecule has 1 fully saturated rings. The summed E-state index contributed by atoms with van der Waals surface area (Å²) in [6.07, 6.45) is 0.572. The number of amides is 2. The van der Waals surface area contributed by atoms with E-state index in [1.54, 1.807) is 6.07 Å². The molecule has 1 aliphatic rings. The van der Waals surface area contributed by atoms with Crippen molar-refractivity contribution in [3.05, 3.63) is 52.5 Å². The maximum absolute atomic E-state index is 12.6. The maximum Gasteiger partial charge on any atom is 0.262 e. The summed E-state index contributed by atoms with van der Waals surface area (Å²) >= 11 is 6.20. The molecule has 2 amide bonds. The fourth-order valence-corrected chi connectivity index (χ4v) is 3.87. The monoisotopic (exact) mass is 457 g/mol. The molecule has 0 atom stereocenters. The van der Waals surface area contributed by atoms with Gasteiger partial charge in [-0.15, -0.1) is 0 Å². The van der Waals surface area contributed by atoms with Gasteiger partial charge in [-0.1, -0.05) is 31.5 Å². The van der Waals surface area contributed by atoms with E-state index in [0.717, 1.165) is 11.3 Å². The topological polar surface area (TPSA) is 61.9 Å². The van der Waals surface area contributed by atoms with Crippen LogP contribution >= 0.6 is 11.6 Å². The maximum atomic E-state index is 12.6. The Morgan fingerprint density at radius 3 is 2.41 bits per heavy atom. The summed E-state index contributed by atoms with van der Waals surface area (Å²) in [6, 6.07) is 11.2. The van der Waals surface area contributed by atoms with Crippen LogP contribution in [0.15, 0.2) is 36.4 Å². The summed E-state index contributed by atoms with van der Waals surface area (Å²) in [6.45, 7) is 10.8. The van der Waals surface area contributed by atoms with Crippen molar-refractivity contribution in [2.24, 2.45) is 5.92 Å². The zero-order valence-corrected chi connectivity index (χ0v) is 20.0. The summed E-state index contributed by atoms with van der Waals surface area (Å²) < 4.78 is 5.66. The molecule has 0 aliphatic carbocycles. The van der Waals surface area contributed by atoms with Crippen molar-refractivity contribution in [1.29, 1.82) is 0 Å². The van der Waals surface area contributed by atoms with Crippen LogP contribution in [-0.2, 0) is 9.59 Å². The number of rotatable bonds is 7. The molecule has 3 rings (SSSR count). The first-order valence-corrected chi connectivity index (χ1v) is 11.4. The van der Waals surface area contributed by atoms with Crippen LogP contribution in [0.3, 0.4) is 0 Å². The summed E-state index contributed by atoms with van der Waals surface area (Å²) in [5, 5.41) is 3.48. The highest BCUT2D eigenvalue weighted by Crippen LogP contribution is 2.30. The normalized spacial score (nSPS) is 13.9. The predicted octanol–water partition coefficient (Wildman–Crippen LogP) is 4.67. The van der Waals surface area contributed by atoms with Crippen LogP contribution in [0, 0.1) is 19.8 Å². The molecule has 2 aromatic rings. The molecule has 0 saturated carbocycles. The minimum Gasteiger partial charge on any atom is -0.484 e. The average Bonchev–Trinajstić information content (AvgIpc) is 2.74. The van der Waals surface area contributed by atoms with E-state index in [9.17, 15) is 9.59 Å². The van der Waals surface area contributed by atoms with Gasteiger partial charge in [-0.05, 0) is 61.2 Å². The summed E-state index contributed by atoms with van der Waals surface area (Å²) in [4.78, 5) is 29.0. The molecule has 1 saturated heterocycles. The predicted molar refractivity (Wildman–Crippen MR) is 130 cm³/mol. The minimum atomic E-state index is -0.252. The second-order valence-corrected chi connectivity index (χ2v) is 9.15.